The first-order valence-electron chi connectivity index (χ1n) is 11.8. The van der Waals surface area contributed by atoms with Crippen LogP contribution in [0.15, 0.2) is 0 Å². The van der Waals surface area contributed by atoms with Crippen LogP contribution in [0.25, 0.3) is 0 Å². The molecule has 0 rings (SSSR count). The van der Waals surface area contributed by atoms with Gasteiger partial charge in [-0.15, -0.1) is 0 Å². The fourth-order valence-electron chi connectivity index (χ4n) is 4.86. The molecule has 0 amide bonds. The molecule has 0 fully saturated rings. The summed E-state index contributed by atoms with van der Waals surface area (Å²) in [5.41, 5.74) is 7.90. The van der Waals surface area contributed by atoms with E-state index in [-0.39, 0.29) is 11.1 Å². The van der Waals surface area contributed by atoms with Crippen LogP contribution in [0.3, 0.4) is 0 Å². The summed E-state index contributed by atoms with van der Waals surface area (Å²) in [7, 11) is -6.59. The van der Waals surface area contributed by atoms with E-state index >= 15 is 0 Å². The summed E-state index contributed by atoms with van der Waals surface area (Å²) in [6.07, 6.45) is 0. The van der Waals surface area contributed by atoms with Gasteiger partial charge in [0.25, 0.3) is 0 Å². The zero-order valence-corrected chi connectivity index (χ0v) is 31.2. The van der Waals surface area contributed by atoms with E-state index in [1.807, 2.05) is 0 Å². The molecule has 0 aromatic rings. The predicted molar refractivity (Wildman–Crippen MR) is 158 cm³/mol. The molecule has 0 spiro atoms. The SMILES string of the molecule is CC(C)(C)[N]([Si](C)(C)C)[Sn]([C]#C[Si](C)(C)C)([C]#C[Si](C)(C)C)[N](C(C)(C)C)[Si](C)(C)C. The van der Waals surface area contributed by atoms with E-state index < -0.39 is 51.5 Å². The van der Waals surface area contributed by atoms with Crippen molar-refractivity contribution in [2.24, 2.45) is 0 Å². The molecule has 0 heterocycles. The molecule has 0 aromatic carbocycles. The van der Waals surface area contributed by atoms with Gasteiger partial charge in [-0.1, -0.05) is 0 Å². The molecule has 0 aromatic heterocycles. The molecule has 0 unspecified atom stereocenters. The van der Waals surface area contributed by atoms with Crippen molar-refractivity contribution in [2.75, 3.05) is 0 Å². The van der Waals surface area contributed by atoms with Gasteiger partial charge >= 0.3 is 207 Å². The number of hydrogen-bond donors (Lipinski definition) is 0. The van der Waals surface area contributed by atoms with Crippen LogP contribution in [0.4, 0.5) is 0 Å². The van der Waals surface area contributed by atoms with Crippen LogP contribution in [0.1, 0.15) is 41.5 Å². The van der Waals surface area contributed by atoms with Crippen LogP contribution in [-0.4, -0.2) is 68.2 Å². The molecule has 0 aliphatic rings. The molecule has 0 atom stereocenters. The molecule has 0 radical (unpaired) electrons. The third-order valence-corrected chi connectivity index (χ3v) is 37.8. The number of rotatable bonds is 4. The molecule has 7 heteroatoms. The van der Waals surface area contributed by atoms with Crippen LogP contribution in [0, 0.1) is 19.0 Å². The van der Waals surface area contributed by atoms with Crippen LogP contribution in [-0.2, 0) is 0 Å². The van der Waals surface area contributed by atoms with E-state index in [1.54, 1.807) is 0 Å². The predicted octanol–water partition coefficient (Wildman–Crippen LogP) is 7.14. The van der Waals surface area contributed by atoms with Crippen molar-refractivity contribution in [3.05, 3.63) is 0 Å². The van der Waals surface area contributed by atoms with Crippen molar-refractivity contribution < 1.29 is 0 Å². The van der Waals surface area contributed by atoms with Crippen molar-refractivity contribution in [3.63, 3.8) is 0 Å². The summed E-state index contributed by atoms with van der Waals surface area (Å²) in [6, 6.07) is 0. The second-order valence-corrected chi connectivity index (χ2v) is 44.5. The summed E-state index contributed by atoms with van der Waals surface area (Å²) in [4.78, 5) is 0. The maximum atomic E-state index is 4.16. The van der Waals surface area contributed by atoms with E-state index in [0.717, 1.165) is 0 Å². The Hall–Kier alpha value is 0.706. The normalized spacial score (nSPS) is 14.8. The van der Waals surface area contributed by atoms with Gasteiger partial charge in [-0.3, -0.25) is 0 Å². The van der Waals surface area contributed by atoms with E-state index in [9.17, 15) is 0 Å². The van der Waals surface area contributed by atoms with E-state index in [2.05, 4.69) is 145 Å². The Labute approximate surface area is 206 Å². The average molecular weight is 602 g/mol. The van der Waals surface area contributed by atoms with Gasteiger partial charge in [0.2, 0.25) is 0 Å². The molecule has 31 heavy (non-hydrogen) atoms. The zero-order chi connectivity index (χ0) is 25.5. The molecule has 0 saturated carbocycles. The molecule has 0 aliphatic heterocycles. The van der Waals surface area contributed by atoms with Crippen LogP contribution in [0.5, 0.6) is 0 Å². The van der Waals surface area contributed by atoms with Crippen LogP contribution < -0.4 is 0 Å². The van der Waals surface area contributed by atoms with E-state index in [0.29, 0.717) is 0 Å². The Morgan fingerprint density at radius 1 is 0.484 bits per heavy atom. The third kappa shape index (κ3) is 9.84. The maximum absolute atomic E-state index is 4.16. The molecular formula is C24H54N2Si4Sn. The van der Waals surface area contributed by atoms with Crippen molar-refractivity contribution in [1.82, 2.24) is 5.57 Å². The Morgan fingerprint density at radius 2 is 0.710 bits per heavy atom. The van der Waals surface area contributed by atoms with Gasteiger partial charge in [-0.2, -0.15) is 0 Å². The first kappa shape index (κ1) is 31.7. The number of nitrogens with zero attached hydrogens (tertiary/aromatic N) is 2. The fraction of sp³-hybridized carbons (Fsp3) is 0.833. The van der Waals surface area contributed by atoms with Crippen LogP contribution >= 0.6 is 0 Å². The first-order valence-corrected chi connectivity index (χ1v) is 31.1. The van der Waals surface area contributed by atoms with Gasteiger partial charge in [0.05, 0.1) is 0 Å². The monoisotopic (exact) mass is 602 g/mol. The Balaban J connectivity index is 7.99. The van der Waals surface area contributed by atoms with E-state index in [4.69, 9.17) is 0 Å². The Morgan fingerprint density at radius 3 is 0.839 bits per heavy atom. The quantitative estimate of drug-likeness (QED) is 0.250. The zero-order valence-electron chi connectivity index (χ0n) is 24.4. The van der Waals surface area contributed by atoms with Gasteiger partial charge in [-0.05, 0) is 0 Å². The standard InChI is InChI=1S/2C7H18NSi.2C5H9Si.Sn/c2*1-7(2,3)8-9(4,5)6;2*1-5-6(2,3)4;/h2*1-6H3;2*2-4H3;/q2*-1;;;+2. The summed E-state index contributed by atoms with van der Waals surface area (Å²) in [5, 5.41) is 0. The van der Waals surface area contributed by atoms with Crippen molar-refractivity contribution in [1.29, 1.82) is 0 Å². The molecular weight excluding hydrogens is 547 g/mol. The molecule has 180 valence electrons. The average Bonchev–Trinajstić information content (AvgIpc) is 2.34. The van der Waals surface area contributed by atoms with Crippen molar-refractivity contribution >= 4 is 51.5 Å². The number of hydrogen-bond acceptors (Lipinski definition) is 2. The van der Waals surface area contributed by atoms with Gasteiger partial charge in [0.15, 0.2) is 0 Å². The summed E-state index contributed by atoms with van der Waals surface area (Å²) in [5.74, 6) is 0. The first-order chi connectivity index (χ1) is 13.1. The summed E-state index contributed by atoms with van der Waals surface area (Å²) < 4.78 is 14.3. The summed E-state index contributed by atoms with van der Waals surface area (Å²) in [6.45, 7) is 43.9. The van der Waals surface area contributed by atoms with Gasteiger partial charge in [0.1, 0.15) is 0 Å². The van der Waals surface area contributed by atoms with Gasteiger partial charge in [-0.25, -0.2) is 0 Å². The molecule has 2 nitrogen and oxygen atoms in total. The minimum absolute atomic E-state index is 0.0476. The van der Waals surface area contributed by atoms with Crippen molar-refractivity contribution in [3.8, 4) is 19.0 Å². The second kappa shape index (κ2) is 9.75. The molecule has 0 bridgehead atoms. The van der Waals surface area contributed by atoms with Gasteiger partial charge < -0.3 is 0 Å². The molecule has 0 N–H and O–H groups in total. The van der Waals surface area contributed by atoms with Crippen LogP contribution in [0.2, 0.25) is 78.6 Å². The summed E-state index contributed by atoms with van der Waals surface area (Å²) >= 11 is -3.75. The topological polar surface area (TPSA) is 6.48 Å². The van der Waals surface area contributed by atoms with E-state index in [1.165, 1.54) is 0 Å². The molecule has 0 saturated heterocycles. The molecule has 0 aliphatic carbocycles. The van der Waals surface area contributed by atoms with Gasteiger partial charge in [0, 0.05) is 0 Å². The Kier molecular flexibility index (Phi) is 9.98. The van der Waals surface area contributed by atoms with Crippen molar-refractivity contribution in [2.45, 2.75) is 131 Å². The fourth-order valence-corrected chi connectivity index (χ4v) is 49.0. The minimum atomic E-state index is -3.75. The Bertz CT molecular complexity index is 650. The second-order valence-electron chi connectivity index (χ2n) is 15.0. The third-order valence-electron chi connectivity index (χ3n) is 4.55.